The summed E-state index contributed by atoms with van der Waals surface area (Å²) in [6, 6.07) is 24.9. The minimum atomic E-state index is 0.214. The molecule has 0 aliphatic carbocycles. The molecule has 7 aromatic rings. The molecule has 7 rings (SSSR count). The van der Waals surface area contributed by atoms with E-state index in [-0.39, 0.29) is 5.41 Å². The van der Waals surface area contributed by atoms with Gasteiger partial charge >= 0.3 is 0 Å². The van der Waals surface area contributed by atoms with Gasteiger partial charge in [-0.15, -0.1) is 0 Å². The van der Waals surface area contributed by atoms with Crippen molar-refractivity contribution in [3.05, 3.63) is 84.1 Å². The molecule has 4 aromatic carbocycles. The van der Waals surface area contributed by atoms with Crippen LogP contribution in [0.4, 0.5) is 0 Å². The van der Waals surface area contributed by atoms with Gasteiger partial charge in [-0.05, 0) is 64.2 Å². The number of fused-ring (bicyclic) bond motifs is 7. The fourth-order valence-corrected chi connectivity index (χ4v) is 6.32. The topological polar surface area (TPSA) is 8.29 Å². The van der Waals surface area contributed by atoms with Gasteiger partial charge in [0.25, 0.3) is 0 Å². The largest absolute Gasteiger partial charge is 0.307 e. The lowest BCUT2D eigenvalue weighted by atomic mass is 9.85. The number of hydrogen-bond acceptors (Lipinski definition) is 0. The zero-order valence-electron chi connectivity index (χ0n) is 20.5. The van der Waals surface area contributed by atoms with Crippen LogP contribution in [-0.2, 0) is 13.5 Å². The van der Waals surface area contributed by atoms with Crippen molar-refractivity contribution in [1.29, 1.82) is 0 Å². The van der Waals surface area contributed by atoms with Crippen LogP contribution in [0.1, 0.15) is 31.9 Å². The van der Waals surface area contributed by atoms with E-state index in [4.69, 9.17) is 0 Å². The molecule has 0 N–H and O–H groups in total. The van der Waals surface area contributed by atoms with E-state index in [0.717, 1.165) is 6.42 Å². The Morgan fingerprint density at radius 1 is 0.765 bits per heavy atom. The van der Waals surface area contributed by atoms with E-state index in [9.17, 15) is 0 Å². The Bertz CT molecular complexity index is 1930. The normalized spacial score (nSPS) is 13.0. The molecule has 2 nitrogen and oxygen atoms in total. The van der Waals surface area contributed by atoms with Crippen molar-refractivity contribution in [3.63, 3.8) is 0 Å². The molecule has 0 saturated carbocycles. The lowest BCUT2D eigenvalue weighted by Gasteiger charge is -2.21. The zero-order valence-corrected chi connectivity index (χ0v) is 20.5. The summed E-state index contributed by atoms with van der Waals surface area (Å²) < 4.78 is 4.88. The third kappa shape index (κ3) is 2.49. The third-order valence-electron chi connectivity index (χ3n) is 7.63. The molecule has 0 spiro atoms. The first-order valence-electron chi connectivity index (χ1n) is 12.2. The van der Waals surface area contributed by atoms with Crippen molar-refractivity contribution in [1.82, 2.24) is 4.40 Å². The molecule has 0 aliphatic heterocycles. The molecule has 3 heterocycles. The van der Waals surface area contributed by atoms with Gasteiger partial charge in [-0.3, -0.25) is 0 Å². The molecule has 0 bridgehead atoms. The number of pyridine rings is 2. The van der Waals surface area contributed by atoms with Gasteiger partial charge in [-0.1, -0.05) is 63.2 Å². The molecule has 0 aliphatic rings. The van der Waals surface area contributed by atoms with Gasteiger partial charge in [0.15, 0.2) is 6.20 Å². The summed E-state index contributed by atoms with van der Waals surface area (Å²) in [4.78, 5) is 0. The quantitative estimate of drug-likeness (QED) is 0.139. The van der Waals surface area contributed by atoms with Crippen molar-refractivity contribution < 1.29 is 4.57 Å². The number of para-hydroxylation sites is 1. The van der Waals surface area contributed by atoms with Crippen LogP contribution in [0, 0.1) is 12.3 Å². The molecule has 2 heteroatoms. The average Bonchev–Trinajstić information content (AvgIpc) is 3.13. The fourth-order valence-electron chi connectivity index (χ4n) is 6.32. The monoisotopic (exact) mass is 441 g/mol. The molecule has 0 atom stereocenters. The van der Waals surface area contributed by atoms with E-state index in [1.165, 1.54) is 70.9 Å². The predicted octanol–water partition coefficient (Wildman–Crippen LogP) is 7.86. The number of aromatic nitrogens is 2. The van der Waals surface area contributed by atoms with Gasteiger partial charge in [0.1, 0.15) is 7.05 Å². The molecule has 0 fully saturated rings. The molecule has 0 radical (unpaired) electrons. The van der Waals surface area contributed by atoms with Crippen molar-refractivity contribution in [2.24, 2.45) is 12.5 Å². The van der Waals surface area contributed by atoms with Crippen LogP contribution in [-0.4, -0.2) is 4.40 Å². The second-order valence-electron chi connectivity index (χ2n) is 11.2. The summed E-state index contributed by atoms with van der Waals surface area (Å²) in [5.41, 5.74) is 8.29. The van der Waals surface area contributed by atoms with Crippen LogP contribution >= 0.6 is 0 Å². The lowest BCUT2D eigenvalue weighted by molar-refractivity contribution is -0.643. The number of rotatable bonds is 1. The standard InChI is InChI=1S/C32H29N2/c1-19-22-11-7-6-10-20(22)17-27-28(19)31-29-23(14-15-33(31)5)21(18-32(2,3)4)16-25-24-12-8-9-13-26(24)34(27)30(25)29/h6-17H,18H2,1-5H3/q+1. The molecular formula is C32H29N2+. The highest BCUT2D eigenvalue weighted by Gasteiger charge is 2.27. The van der Waals surface area contributed by atoms with E-state index in [0.29, 0.717) is 0 Å². The summed E-state index contributed by atoms with van der Waals surface area (Å²) in [6.07, 6.45) is 3.31. The number of hydrogen-bond donors (Lipinski definition) is 0. The maximum Gasteiger partial charge on any atom is 0.224 e. The minimum absolute atomic E-state index is 0.214. The van der Waals surface area contributed by atoms with E-state index in [2.05, 4.69) is 117 Å². The third-order valence-corrected chi connectivity index (χ3v) is 7.63. The predicted molar refractivity (Wildman–Crippen MR) is 145 cm³/mol. The molecule has 0 amide bonds. The first-order chi connectivity index (χ1) is 16.3. The molecule has 3 aromatic heterocycles. The lowest BCUT2D eigenvalue weighted by Crippen LogP contribution is -2.29. The van der Waals surface area contributed by atoms with Crippen LogP contribution < -0.4 is 4.57 Å². The van der Waals surface area contributed by atoms with Gasteiger partial charge in [-0.25, -0.2) is 4.57 Å². The Morgan fingerprint density at radius 3 is 2.29 bits per heavy atom. The maximum atomic E-state index is 2.54. The average molecular weight is 442 g/mol. The van der Waals surface area contributed by atoms with Gasteiger partial charge < -0.3 is 4.40 Å². The Kier molecular flexibility index (Phi) is 3.77. The van der Waals surface area contributed by atoms with Gasteiger partial charge in [0.2, 0.25) is 5.52 Å². The summed E-state index contributed by atoms with van der Waals surface area (Å²) in [7, 11) is 2.20. The molecule has 0 saturated heterocycles. The number of benzene rings is 4. The SMILES string of the molecule is Cc1c2ccccc2cc2c1c1c3c(cc[n+]1C)c(CC(C)(C)C)cc1c4ccccc4n2c13. The van der Waals surface area contributed by atoms with Crippen molar-refractivity contribution in [3.8, 4) is 0 Å². The Morgan fingerprint density at radius 2 is 1.50 bits per heavy atom. The first-order valence-corrected chi connectivity index (χ1v) is 12.2. The highest BCUT2D eigenvalue weighted by Crippen LogP contribution is 2.44. The van der Waals surface area contributed by atoms with Crippen LogP contribution in [0.25, 0.3) is 59.8 Å². The van der Waals surface area contributed by atoms with Crippen LogP contribution in [0.3, 0.4) is 0 Å². The van der Waals surface area contributed by atoms with Gasteiger partial charge in [-0.2, -0.15) is 0 Å². The fraction of sp³-hybridized carbons (Fsp3) is 0.219. The van der Waals surface area contributed by atoms with Crippen molar-refractivity contribution in [2.75, 3.05) is 0 Å². The highest BCUT2D eigenvalue weighted by atomic mass is 15.0. The molecular weight excluding hydrogens is 412 g/mol. The number of aryl methyl sites for hydroxylation is 2. The van der Waals surface area contributed by atoms with E-state index in [1.54, 1.807) is 0 Å². The molecule has 166 valence electrons. The van der Waals surface area contributed by atoms with E-state index < -0.39 is 0 Å². The summed E-state index contributed by atoms with van der Waals surface area (Å²) >= 11 is 0. The number of nitrogens with zero attached hydrogens (tertiary/aromatic N) is 2. The van der Waals surface area contributed by atoms with Crippen LogP contribution in [0.5, 0.6) is 0 Å². The molecule has 0 unspecified atom stereocenters. The van der Waals surface area contributed by atoms with Gasteiger partial charge in [0, 0.05) is 16.8 Å². The first kappa shape index (κ1) is 19.8. The van der Waals surface area contributed by atoms with Crippen molar-refractivity contribution >= 4 is 59.8 Å². The van der Waals surface area contributed by atoms with E-state index in [1.807, 2.05) is 0 Å². The smallest absolute Gasteiger partial charge is 0.224 e. The Hall–Kier alpha value is -3.65. The molecule has 34 heavy (non-hydrogen) atoms. The second kappa shape index (κ2) is 6.48. The van der Waals surface area contributed by atoms with Crippen molar-refractivity contribution in [2.45, 2.75) is 34.1 Å². The summed E-state index contributed by atoms with van der Waals surface area (Å²) in [6.45, 7) is 9.32. The summed E-state index contributed by atoms with van der Waals surface area (Å²) in [5, 5.41) is 9.47. The van der Waals surface area contributed by atoms with Gasteiger partial charge in [0.05, 0.1) is 27.3 Å². The van der Waals surface area contributed by atoms with Crippen LogP contribution in [0.15, 0.2) is 72.9 Å². The van der Waals surface area contributed by atoms with Crippen LogP contribution in [0.2, 0.25) is 0 Å². The maximum absolute atomic E-state index is 2.54. The highest BCUT2D eigenvalue weighted by molar-refractivity contribution is 6.28. The van der Waals surface area contributed by atoms with E-state index >= 15 is 0 Å². The Labute approximate surface area is 199 Å². The summed E-state index contributed by atoms with van der Waals surface area (Å²) in [5.74, 6) is 0. The zero-order chi connectivity index (χ0) is 23.4. The Balaban J connectivity index is 1.88. The second-order valence-corrected chi connectivity index (χ2v) is 11.2. The minimum Gasteiger partial charge on any atom is -0.307 e.